The SMILES string of the molecule is N#CC1(c2ccc(C#CCCNC(=O)OCc3ccccc3)cc2)CC1. The first-order valence-corrected chi connectivity index (χ1v) is 8.67. The van der Waals surface area contributed by atoms with Crippen molar-refractivity contribution in [2.75, 3.05) is 6.54 Å². The molecule has 2 aromatic carbocycles. The van der Waals surface area contributed by atoms with Crippen molar-refractivity contribution in [2.45, 2.75) is 31.3 Å². The average Bonchev–Trinajstić information content (AvgIpc) is 3.49. The van der Waals surface area contributed by atoms with Crippen LogP contribution < -0.4 is 5.32 Å². The van der Waals surface area contributed by atoms with Gasteiger partial charge in [0.15, 0.2) is 0 Å². The Morgan fingerprint density at radius 2 is 1.85 bits per heavy atom. The number of carbonyl (C=O) groups is 1. The van der Waals surface area contributed by atoms with Gasteiger partial charge in [0, 0.05) is 18.5 Å². The van der Waals surface area contributed by atoms with Crippen LogP contribution in [0.5, 0.6) is 0 Å². The molecule has 1 aliphatic rings. The van der Waals surface area contributed by atoms with Gasteiger partial charge in [0.05, 0.1) is 11.5 Å². The van der Waals surface area contributed by atoms with E-state index in [1.807, 2.05) is 54.6 Å². The summed E-state index contributed by atoms with van der Waals surface area (Å²) in [6.07, 6.45) is 2.00. The summed E-state index contributed by atoms with van der Waals surface area (Å²) in [4.78, 5) is 11.6. The lowest BCUT2D eigenvalue weighted by Gasteiger charge is -2.05. The Morgan fingerprint density at radius 3 is 2.50 bits per heavy atom. The molecule has 1 saturated carbocycles. The van der Waals surface area contributed by atoms with Crippen molar-refractivity contribution in [3.63, 3.8) is 0 Å². The average molecular weight is 344 g/mol. The van der Waals surface area contributed by atoms with Crippen molar-refractivity contribution in [2.24, 2.45) is 0 Å². The summed E-state index contributed by atoms with van der Waals surface area (Å²) in [6.45, 7) is 0.700. The molecule has 0 aliphatic heterocycles. The number of rotatable bonds is 5. The number of ether oxygens (including phenoxy) is 1. The van der Waals surface area contributed by atoms with E-state index in [2.05, 4.69) is 23.2 Å². The topological polar surface area (TPSA) is 62.1 Å². The number of nitriles is 1. The van der Waals surface area contributed by atoms with Crippen LogP contribution in [0.2, 0.25) is 0 Å². The van der Waals surface area contributed by atoms with E-state index < -0.39 is 6.09 Å². The van der Waals surface area contributed by atoms with Crippen LogP contribution in [-0.4, -0.2) is 12.6 Å². The van der Waals surface area contributed by atoms with E-state index in [9.17, 15) is 10.1 Å². The summed E-state index contributed by atoms with van der Waals surface area (Å²) < 4.78 is 5.13. The quantitative estimate of drug-likeness (QED) is 0.661. The normalized spacial score (nSPS) is 13.7. The van der Waals surface area contributed by atoms with E-state index in [1.54, 1.807) is 0 Å². The molecule has 1 amide bonds. The zero-order valence-electron chi connectivity index (χ0n) is 14.5. The van der Waals surface area contributed by atoms with Crippen LogP contribution in [0.1, 0.15) is 36.0 Å². The van der Waals surface area contributed by atoms with Crippen LogP contribution in [0, 0.1) is 23.2 Å². The zero-order chi connectivity index (χ0) is 18.2. The van der Waals surface area contributed by atoms with Crippen molar-refractivity contribution >= 4 is 6.09 Å². The number of amides is 1. The predicted octanol–water partition coefficient (Wildman–Crippen LogP) is 3.91. The summed E-state index contributed by atoms with van der Waals surface area (Å²) in [7, 11) is 0. The Labute approximate surface area is 153 Å². The number of nitrogens with one attached hydrogen (secondary N) is 1. The standard InChI is InChI=1S/C22H20N2O2/c23-17-22(13-14-22)20-11-9-18(10-12-20)6-4-5-15-24-21(25)26-16-19-7-2-1-3-8-19/h1-3,7-12H,5,13-16H2,(H,24,25). The largest absolute Gasteiger partial charge is 0.445 e. The summed E-state index contributed by atoms with van der Waals surface area (Å²) >= 11 is 0. The minimum absolute atomic E-state index is 0.254. The Balaban J connectivity index is 1.37. The highest BCUT2D eigenvalue weighted by Gasteiger charge is 2.44. The summed E-state index contributed by atoms with van der Waals surface area (Å²) in [5, 5.41) is 11.9. The summed E-state index contributed by atoms with van der Waals surface area (Å²) in [5.74, 6) is 6.10. The van der Waals surface area contributed by atoms with Gasteiger partial charge in [-0.2, -0.15) is 5.26 Å². The third kappa shape index (κ3) is 4.65. The lowest BCUT2D eigenvalue weighted by Crippen LogP contribution is -2.24. The minimum Gasteiger partial charge on any atom is -0.445 e. The van der Waals surface area contributed by atoms with Crippen LogP contribution in [0.3, 0.4) is 0 Å². The van der Waals surface area contributed by atoms with Gasteiger partial charge in [-0.15, -0.1) is 0 Å². The third-order valence-electron chi connectivity index (χ3n) is 4.37. The van der Waals surface area contributed by atoms with Crippen molar-refractivity contribution in [1.82, 2.24) is 5.32 Å². The molecule has 1 N–H and O–H groups in total. The maximum Gasteiger partial charge on any atom is 0.407 e. The fourth-order valence-corrected chi connectivity index (χ4v) is 2.63. The summed E-state index contributed by atoms with van der Waals surface area (Å²) in [5.41, 5.74) is 2.69. The highest BCUT2D eigenvalue weighted by atomic mass is 16.5. The van der Waals surface area contributed by atoms with Crippen LogP contribution in [0.15, 0.2) is 54.6 Å². The van der Waals surface area contributed by atoms with E-state index in [0.29, 0.717) is 13.0 Å². The van der Waals surface area contributed by atoms with E-state index in [4.69, 9.17) is 4.74 Å². The molecular formula is C22H20N2O2. The van der Waals surface area contributed by atoms with E-state index in [0.717, 1.165) is 29.5 Å². The Kier molecular flexibility index (Phi) is 5.56. The Hall–Kier alpha value is -3.24. The van der Waals surface area contributed by atoms with Crippen molar-refractivity contribution in [3.05, 3.63) is 71.3 Å². The molecule has 0 unspecified atom stereocenters. The molecule has 26 heavy (non-hydrogen) atoms. The molecule has 1 aliphatic carbocycles. The van der Waals surface area contributed by atoms with Crippen molar-refractivity contribution in [1.29, 1.82) is 5.26 Å². The van der Waals surface area contributed by atoms with Gasteiger partial charge in [0.2, 0.25) is 0 Å². The van der Waals surface area contributed by atoms with Gasteiger partial charge < -0.3 is 10.1 Å². The Bertz CT molecular complexity index is 851. The van der Waals surface area contributed by atoms with Crippen molar-refractivity contribution < 1.29 is 9.53 Å². The molecule has 130 valence electrons. The predicted molar refractivity (Wildman–Crippen MR) is 99.1 cm³/mol. The molecule has 3 rings (SSSR count). The number of benzene rings is 2. The molecule has 0 aromatic heterocycles. The molecule has 1 fully saturated rings. The van der Waals surface area contributed by atoms with Crippen LogP contribution in [-0.2, 0) is 16.8 Å². The minimum atomic E-state index is -0.439. The number of hydrogen-bond donors (Lipinski definition) is 1. The highest BCUT2D eigenvalue weighted by Crippen LogP contribution is 2.47. The maximum absolute atomic E-state index is 11.6. The molecule has 0 atom stereocenters. The van der Waals surface area contributed by atoms with Gasteiger partial charge in [0.1, 0.15) is 6.61 Å². The number of carbonyl (C=O) groups excluding carboxylic acids is 1. The molecule has 2 aromatic rings. The summed E-state index contributed by atoms with van der Waals surface area (Å²) in [6, 6.07) is 19.8. The van der Waals surface area contributed by atoms with Gasteiger partial charge >= 0.3 is 6.09 Å². The fraction of sp³-hybridized carbons (Fsp3) is 0.273. The second kappa shape index (κ2) is 8.23. The van der Waals surface area contributed by atoms with Gasteiger partial charge in [0.25, 0.3) is 0 Å². The molecule has 0 saturated heterocycles. The van der Waals surface area contributed by atoms with Gasteiger partial charge in [-0.1, -0.05) is 54.3 Å². The molecular weight excluding hydrogens is 324 g/mol. The van der Waals surface area contributed by atoms with Crippen molar-refractivity contribution in [3.8, 4) is 17.9 Å². The van der Waals surface area contributed by atoms with Crippen LogP contribution in [0.4, 0.5) is 4.79 Å². The number of hydrogen-bond acceptors (Lipinski definition) is 3. The molecule has 4 nitrogen and oxygen atoms in total. The van der Waals surface area contributed by atoms with E-state index in [-0.39, 0.29) is 12.0 Å². The van der Waals surface area contributed by atoms with Gasteiger partial charge in [-0.05, 0) is 36.1 Å². The first-order valence-electron chi connectivity index (χ1n) is 8.67. The highest BCUT2D eigenvalue weighted by molar-refractivity contribution is 5.67. The molecule has 0 spiro atoms. The third-order valence-corrected chi connectivity index (χ3v) is 4.37. The molecule has 0 radical (unpaired) electrons. The second-order valence-corrected chi connectivity index (χ2v) is 6.31. The van der Waals surface area contributed by atoms with Crippen LogP contribution in [0.25, 0.3) is 0 Å². The van der Waals surface area contributed by atoms with Gasteiger partial charge in [-0.3, -0.25) is 0 Å². The first-order chi connectivity index (χ1) is 12.7. The molecule has 0 heterocycles. The molecule has 4 heteroatoms. The lowest BCUT2D eigenvalue weighted by molar-refractivity contribution is 0.140. The monoisotopic (exact) mass is 344 g/mol. The smallest absolute Gasteiger partial charge is 0.407 e. The molecule has 0 bridgehead atoms. The van der Waals surface area contributed by atoms with E-state index in [1.165, 1.54) is 0 Å². The fourth-order valence-electron chi connectivity index (χ4n) is 2.63. The number of alkyl carbamates (subject to hydrolysis) is 1. The van der Waals surface area contributed by atoms with E-state index >= 15 is 0 Å². The maximum atomic E-state index is 11.6. The van der Waals surface area contributed by atoms with Crippen LogP contribution >= 0.6 is 0 Å². The first kappa shape index (κ1) is 17.6. The lowest BCUT2D eigenvalue weighted by atomic mass is 9.97. The Morgan fingerprint density at radius 1 is 1.12 bits per heavy atom. The second-order valence-electron chi connectivity index (χ2n) is 6.31. The van der Waals surface area contributed by atoms with Gasteiger partial charge in [-0.25, -0.2) is 4.79 Å². The number of nitrogens with zero attached hydrogens (tertiary/aromatic N) is 1. The zero-order valence-corrected chi connectivity index (χ0v) is 14.5.